The second kappa shape index (κ2) is 10.7. The van der Waals surface area contributed by atoms with E-state index in [0.29, 0.717) is 27.7 Å². The quantitative estimate of drug-likeness (QED) is 0.272. The Morgan fingerprint density at radius 2 is 1.83 bits per heavy atom. The van der Waals surface area contributed by atoms with E-state index in [-0.39, 0.29) is 16.5 Å². The van der Waals surface area contributed by atoms with E-state index in [1.165, 1.54) is 19.4 Å². The van der Waals surface area contributed by atoms with E-state index in [0.717, 1.165) is 5.56 Å². The van der Waals surface area contributed by atoms with Crippen LogP contribution in [-0.4, -0.2) is 41.9 Å². The van der Waals surface area contributed by atoms with E-state index in [1.807, 2.05) is 54.6 Å². The highest BCUT2D eigenvalue weighted by molar-refractivity contribution is 6.32. The first-order valence-electron chi connectivity index (χ1n) is 10.5. The topological polar surface area (TPSA) is 110 Å². The lowest BCUT2D eigenvalue weighted by Crippen LogP contribution is -2.18. The third-order valence-electron chi connectivity index (χ3n) is 5.00. The fraction of sp³-hybridized carbons (Fsp3) is 0.0769. The summed E-state index contributed by atoms with van der Waals surface area (Å²) >= 11 is 6.22. The summed E-state index contributed by atoms with van der Waals surface area (Å²) in [5.74, 6) is -1.21. The number of fused-ring (bicyclic) bond motifs is 1. The number of rotatable bonds is 8. The molecule has 1 aromatic heterocycles. The van der Waals surface area contributed by atoms with Gasteiger partial charge in [-0.05, 0) is 29.8 Å². The smallest absolute Gasteiger partial charge is 0.341 e. The number of hydrazone groups is 1. The van der Waals surface area contributed by atoms with Crippen molar-refractivity contribution >= 4 is 40.6 Å². The van der Waals surface area contributed by atoms with E-state index in [1.54, 1.807) is 12.1 Å². The molecule has 0 saturated carbocycles. The molecule has 0 aliphatic heterocycles. The lowest BCUT2D eigenvalue weighted by molar-refractivity contribution is -0.139. The van der Waals surface area contributed by atoms with Crippen LogP contribution in [0.4, 0.5) is 0 Å². The van der Waals surface area contributed by atoms with E-state index >= 15 is 0 Å². The Balaban J connectivity index is 1.59. The first-order chi connectivity index (χ1) is 17.0. The number of nitrogens with zero attached hydrogens (tertiary/aromatic N) is 2. The van der Waals surface area contributed by atoms with E-state index in [2.05, 4.69) is 15.5 Å². The van der Waals surface area contributed by atoms with Gasteiger partial charge in [0.15, 0.2) is 18.1 Å². The average Bonchev–Trinajstić information content (AvgIpc) is 2.87. The molecule has 0 bridgehead atoms. The summed E-state index contributed by atoms with van der Waals surface area (Å²) in [6.07, 6.45) is 1.40. The van der Waals surface area contributed by atoms with Crippen molar-refractivity contribution in [1.29, 1.82) is 0 Å². The zero-order valence-corrected chi connectivity index (χ0v) is 19.3. The number of aromatic nitrogens is 1. The second-order valence-electron chi connectivity index (χ2n) is 7.35. The molecule has 0 spiro atoms. The average molecular weight is 490 g/mol. The van der Waals surface area contributed by atoms with Gasteiger partial charge in [-0.2, -0.15) is 5.10 Å². The monoisotopic (exact) mass is 489 g/mol. The van der Waals surface area contributed by atoms with Gasteiger partial charge in [0, 0.05) is 10.9 Å². The van der Waals surface area contributed by atoms with Crippen LogP contribution in [0.1, 0.15) is 15.9 Å². The molecule has 35 heavy (non-hydrogen) atoms. The molecule has 4 rings (SSSR count). The van der Waals surface area contributed by atoms with E-state index < -0.39 is 18.5 Å². The minimum atomic E-state index is -1.14. The maximum absolute atomic E-state index is 13.0. The minimum Gasteiger partial charge on any atom is -0.493 e. The van der Waals surface area contributed by atoms with Gasteiger partial charge < -0.3 is 14.6 Å². The van der Waals surface area contributed by atoms with Gasteiger partial charge in [-0.15, -0.1) is 0 Å². The molecule has 0 saturated heterocycles. The number of methoxy groups -OCH3 is 1. The van der Waals surface area contributed by atoms with Crippen molar-refractivity contribution in [2.45, 2.75) is 0 Å². The van der Waals surface area contributed by atoms with Gasteiger partial charge >= 0.3 is 5.97 Å². The molecule has 0 atom stereocenters. The maximum atomic E-state index is 13.0. The molecule has 0 fully saturated rings. The highest BCUT2D eigenvalue weighted by Crippen LogP contribution is 2.36. The summed E-state index contributed by atoms with van der Waals surface area (Å²) in [6, 6.07) is 21.8. The Bertz CT molecular complexity index is 1420. The molecule has 0 unspecified atom stereocenters. The van der Waals surface area contributed by atoms with Gasteiger partial charge in [0.2, 0.25) is 0 Å². The lowest BCUT2D eigenvalue weighted by atomic mass is 10.0. The number of carboxylic acid groups (broad SMARTS) is 1. The summed E-state index contributed by atoms with van der Waals surface area (Å²) in [4.78, 5) is 28.5. The third-order valence-corrected chi connectivity index (χ3v) is 5.28. The summed E-state index contributed by atoms with van der Waals surface area (Å²) in [7, 11) is 1.40. The summed E-state index contributed by atoms with van der Waals surface area (Å²) < 4.78 is 10.4. The number of aliphatic carboxylic acids is 1. The highest BCUT2D eigenvalue weighted by atomic mass is 35.5. The molecule has 9 heteroatoms. The molecule has 1 amide bonds. The van der Waals surface area contributed by atoms with Crippen LogP contribution in [0.25, 0.3) is 22.2 Å². The number of nitrogens with one attached hydrogen (secondary N) is 1. The SMILES string of the molecule is COc1cc(/C=N/NC(=O)c2cc(-c3ccccc3)nc3ccccc23)cc(Cl)c1OCC(=O)O. The summed E-state index contributed by atoms with van der Waals surface area (Å²) in [6.45, 7) is -0.565. The molecule has 0 aliphatic carbocycles. The van der Waals surface area contributed by atoms with E-state index in [4.69, 9.17) is 26.2 Å². The zero-order chi connectivity index (χ0) is 24.8. The molecule has 1 heterocycles. The molecule has 176 valence electrons. The normalized spacial score (nSPS) is 10.9. The number of carbonyl (C=O) groups excluding carboxylic acids is 1. The Morgan fingerprint density at radius 3 is 2.57 bits per heavy atom. The van der Waals surface area contributed by atoms with Crippen molar-refractivity contribution in [2.75, 3.05) is 13.7 Å². The number of amides is 1. The Kier molecular flexibility index (Phi) is 7.23. The van der Waals surface area contributed by atoms with Gasteiger partial charge in [0.05, 0.1) is 35.1 Å². The second-order valence-corrected chi connectivity index (χ2v) is 7.76. The molecular formula is C26H20ClN3O5. The summed E-state index contributed by atoms with van der Waals surface area (Å²) in [5, 5.41) is 13.7. The van der Waals surface area contributed by atoms with Crippen molar-refractivity contribution in [3.63, 3.8) is 0 Å². The number of hydrogen-bond donors (Lipinski definition) is 2. The summed E-state index contributed by atoms with van der Waals surface area (Å²) in [5.41, 5.74) is 5.74. The maximum Gasteiger partial charge on any atom is 0.341 e. The zero-order valence-electron chi connectivity index (χ0n) is 18.6. The molecule has 4 aromatic rings. The minimum absolute atomic E-state index is 0.106. The van der Waals surface area contributed by atoms with Crippen molar-refractivity contribution < 1.29 is 24.2 Å². The van der Waals surface area contributed by atoms with Crippen LogP contribution in [0.5, 0.6) is 11.5 Å². The number of ether oxygens (including phenoxy) is 2. The molecular weight excluding hydrogens is 470 g/mol. The van der Waals surface area contributed by atoms with Crippen LogP contribution in [-0.2, 0) is 4.79 Å². The van der Waals surface area contributed by atoms with Gasteiger partial charge in [0.25, 0.3) is 5.91 Å². The Morgan fingerprint density at radius 1 is 1.09 bits per heavy atom. The fourth-order valence-electron chi connectivity index (χ4n) is 3.43. The molecule has 0 radical (unpaired) electrons. The van der Waals surface area contributed by atoms with Crippen LogP contribution >= 0.6 is 11.6 Å². The highest BCUT2D eigenvalue weighted by Gasteiger charge is 2.15. The Hall–Kier alpha value is -4.43. The largest absolute Gasteiger partial charge is 0.493 e. The van der Waals surface area contributed by atoms with Gasteiger partial charge in [-0.25, -0.2) is 15.2 Å². The van der Waals surface area contributed by atoms with Gasteiger partial charge in [-0.3, -0.25) is 4.79 Å². The van der Waals surface area contributed by atoms with Crippen LogP contribution in [0.2, 0.25) is 5.02 Å². The van der Waals surface area contributed by atoms with Gasteiger partial charge in [0.1, 0.15) is 0 Å². The number of hydrogen-bond acceptors (Lipinski definition) is 6. The van der Waals surface area contributed by atoms with Crippen molar-refractivity contribution in [2.24, 2.45) is 5.10 Å². The third kappa shape index (κ3) is 5.56. The first-order valence-corrected chi connectivity index (χ1v) is 10.8. The van der Waals surface area contributed by atoms with E-state index in [9.17, 15) is 9.59 Å². The predicted octanol–water partition coefficient (Wildman–Crippen LogP) is 4.79. The predicted molar refractivity (Wildman–Crippen MR) is 133 cm³/mol. The van der Waals surface area contributed by atoms with Crippen molar-refractivity contribution in [3.8, 4) is 22.8 Å². The lowest BCUT2D eigenvalue weighted by Gasteiger charge is -2.12. The fourth-order valence-corrected chi connectivity index (χ4v) is 3.71. The Labute approximate surface area is 205 Å². The van der Waals surface area contributed by atoms with Crippen molar-refractivity contribution in [3.05, 3.63) is 88.9 Å². The van der Waals surface area contributed by atoms with Gasteiger partial charge in [-0.1, -0.05) is 60.1 Å². The number of pyridine rings is 1. The number of para-hydroxylation sites is 1. The number of benzene rings is 3. The van der Waals surface area contributed by atoms with Crippen LogP contribution in [0.3, 0.4) is 0 Å². The number of carboxylic acids is 1. The molecule has 8 nitrogen and oxygen atoms in total. The molecule has 0 aliphatic rings. The van der Waals surface area contributed by atoms with Crippen LogP contribution in [0.15, 0.2) is 77.9 Å². The number of halogens is 1. The van der Waals surface area contributed by atoms with Crippen LogP contribution in [0, 0.1) is 0 Å². The molecule has 3 aromatic carbocycles. The van der Waals surface area contributed by atoms with Crippen LogP contribution < -0.4 is 14.9 Å². The first kappa shape index (κ1) is 23.7. The number of carbonyl (C=O) groups is 2. The molecule has 2 N–H and O–H groups in total. The van der Waals surface area contributed by atoms with Crippen molar-refractivity contribution in [1.82, 2.24) is 10.4 Å². The standard InChI is InChI=1S/C26H20ClN3O5/c1-34-23-12-16(11-20(27)25(23)35-15-24(31)32)14-28-30-26(33)19-13-22(17-7-3-2-4-8-17)29-21-10-6-5-9-18(19)21/h2-14H,15H2,1H3,(H,30,33)(H,31,32)/b28-14+.